The second kappa shape index (κ2) is 4.02. The Hall–Kier alpha value is -0.570. The molecular formula is C13H22N2O. The van der Waals surface area contributed by atoms with Crippen LogP contribution >= 0.6 is 0 Å². The molecule has 1 heterocycles. The fourth-order valence-corrected chi connectivity index (χ4v) is 4.03. The zero-order chi connectivity index (χ0) is 11.1. The van der Waals surface area contributed by atoms with Gasteiger partial charge in [0.15, 0.2) is 0 Å². The summed E-state index contributed by atoms with van der Waals surface area (Å²) in [5.74, 6) is 2.25. The third-order valence-electron chi connectivity index (χ3n) is 4.93. The van der Waals surface area contributed by atoms with Crippen molar-refractivity contribution < 1.29 is 4.79 Å². The van der Waals surface area contributed by atoms with Gasteiger partial charge in [0.1, 0.15) is 0 Å². The van der Waals surface area contributed by atoms with Crippen LogP contribution in [0.15, 0.2) is 0 Å². The first-order valence-electron chi connectivity index (χ1n) is 6.73. The van der Waals surface area contributed by atoms with E-state index in [1.807, 2.05) is 4.90 Å². The molecule has 1 amide bonds. The minimum Gasteiger partial charge on any atom is -0.340 e. The summed E-state index contributed by atoms with van der Waals surface area (Å²) in [6, 6.07) is 0.854. The lowest BCUT2D eigenvalue weighted by Crippen LogP contribution is -2.52. The Kier molecular flexibility index (Phi) is 2.66. The highest BCUT2D eigenvalue weighted by molar-refractivity contribution is 5.73. The van der Waals surface area contributed by atoms with E-state index in [4.69, 9.17) is 0 Å². The molecule has 1 aliphatic heterocycles. The van der Waals surface area contributed by atoms with Gasteiger partial charge in [0.2, 0.25) is 5.91 Å². The summed E-state index contributed by atoms with van der Waals surface area (Å²) in [7, 11) is 0. The molecule has 16 heavy (non-hydrogen) atoms. The lowest BCUT2D eigenvalue weighted by atomic mass is 9.93. The molecule has 0 aromatic heterocycles. The number of hydrogen-bond acceptors (Lipinski definition) is 2. The van der Waals surface area contributed by atoms with E-state index in [-0.39, 0.29) is 5.91 Å². The van der Waals surface area contributed by atoms with Crippen LogP contribution in [0.4, 0.5) is 0 Å². The van der Waals surface area contributed by atoms with Crippen LogP contribution in [0.5, 0.6) is 0 Å². The van der Waals surface area contributed by atoms with Crippen LogP contribution in [0, 0.1) is 11.8 Å². The first kappa shape index (κ1) is 10.6. The maximum absolute atomic E-state index is 11.3. The zero-order valence-electron chi connectivity index (χ0n) is 10.2. The van der Waals surface area contributed by atoms with Crippen LogP contribution in [-0.2, 0) is 4.79 Å². The van der Waals surface area contributed by atoms with Crippen LogP contribution in [0.1, 0.15) is 32.6 Å². The van der Waals surface area contributed by atoms with Crippen LogP contribution in [0.25, 0.3) is 0 Å². The van der Waals surface area contributed by atoms with Crippen molar-refractivity contribution in [1.82, 2.24) is 9.80 Å². The molecule has 3 fully saturated rings. The number of hydrogen-bond donors (Lipinski definition) is 0. The number of carbonyl (C=O) groups is 1. The van der Waals surface area contributed by atoms with Crippen molar-refractivity contribution in [2.24, 2.45) is 11.8 Å². The lowest BCUT2D eigenvalue weighted by molar-refractivity contribution is -0.131. The quantitative estimate of drug-likeness (QED) is 0.668. The van der Waals surface area contributed by atoms with E-state index in [1.165, 1.54) is 25.7 Å². The van der Waals surface area contributed by atoms with Crippen molar-refractivity contribution in [3.05, 3.63) is 0 Å². The predicted molar refractivity (Wildman–Crippen MR) is 63.1 cm³/mol. The highest BCUT2D eigenvalue weighted by atomic mass is 16.2. The van der Waals surface area contributed by atoms with Crippen LogP contribution in [-0.4, -0.2) is 47.9 Å². The molecule has 2 aliphatic carbocycles. The van der Waals surface area contributed by atoms with Gasteiger partial charge in [-0.3, -0.25) is 9.69 Å². The van der Waals surface area contributed by atoms with Crippen LogP contribution in [0.2, 0.25) is 0 Å². The number of carbonyl (C=O) groups excluding carboxylic acids is 1. The van der Waals surface area contributed by atoms with Gasteiger partial charge in [0, 0.05) is 39.1 Å². The molecule has 3 rings (SSSR count). The van der Waals surface area contributed by atoms with Gasteiger partial charge in [-0.2, -0.15) is 0 Å². The van der Waals surface area contributed by atoms with E-state index < -0.39 is 0 Å². The molecular weight excluding hydrogens is 200 g/mol. The van der Waals surface area contributed by atoms with Crippen LogP contribution < -0.4 is 0 Å². The van der Waals surface area contributed by atoms with Gasteiger partial charge in [-0.25, -0.2) is 0 Å². The standard InChI is InChI=1S/C13H22N2O/c1-10(16)14-4-6-15(7-5-14)13-9-11-2-3-12(13)8-11/h11-13H,2-9H2,1H3. The van der Waals surface area contributed by atoms with Gasteiger partial charge >= 0.3 is 0 Å². The average Bonchev–Trinajstić information content (AvgIpc) is 2.91. The minimum atomic E-state index is 0.243. The Morgan fingerprint density at radius 3 is 2.31 bits per heavy atom. The average molecular weight is 222 g/mol. The van der Waals surface area contributed by atoms with Gasteiger partial charge in [0.05, 0.1) is 0 Å². The summed E-state index contributed by atoms with van der Waals surface area (Å²) >= 11 is 0. The molecule has 3 aliphatic rings. The van der Waals surface area contributed by atoms with E-state index in [0.29, 0.717) is 0 Å². The first-order chi connectivity index (χ1) is 7.74. The Bertz CT molecular complexity index is 284. The highest BCUT2D eigenvalue weighted by Gasteiger charge is 2.42. The minimum absolute atomic E-state index is 0.243. The molecule has 0 spiro atoms. The Balaban J connectivity index is 1.56. The largest absolute Gasteiger partial charge is 0.340 e. The number of rotatable bonds is 1. The lowest BCUT2D eigenvalue weighted by Gasteiger charge is -2.40. The smallest absolute Gasteiger partial charge is 0.219 e. The predicted octanol–water partition coefficient (Wildman–Crippen LogP) is 1.34. The van der Waals surface area contributed by atoms with Gasteiger partial charge in [-0.15, -0.1) is 0 Å². The molecule has 2 saturated carbocycles. The number of nitrogens with zero attached hydrogens (tertiary/aromatic N) is 2. The van der Waals surface area contributed by atoms with Gasteiger partial charge in [0.25, 0.3) is 0 Å². The molecule has 0 aromatic carbocycles. The number of amides is 1. The second-order valence-electron chi connectivity index (χ2n) is 5.78. The van der Waals surface area contributed by atoms with E-state index >= 15 is 0 Å². The highest BCUT2D eigenvalue weighted by Crippen LogP contribution is 2.46. The van der Waals surface area contributed by atoms with Gasteiger partial charge in [-0.1, -0.05) is 6.42 Å². The summed E-state index contributed by atoms with van der Waals surface area (Å²) < 4.78 is 0. The molecule has 3 heteroatoms. The van der Waals surface area contributed by atoms with Crippen molar-refractivity contribution in [2.75, 3.05) is 26.2 Å². The normalized spacial score (nSPS) is 39.3. The summed E-state index contributed by atoms with van der Waals surface area (Å²) in [5.41, 5.74) is 0. The third-order valence-corrected chi connectivity index (χ3v) is 4.93. The monoisotopic (exact) mass is 222 g/mol. The molecule has 3 unspecified atom stereocenters. The van der Waals surface area contributed by atoms with Crippen molar-refractivity contribution in [3.8, 4) is 0 Å². The van der Waals surface area contributed by atoms with Gasteiger partial charge in [-0.05, 0) is 31.1 Å². The maximum atomic E-state index is 11.3. The second-order valence-corrected chi connectivity index (χ2v) is 5.78. The number of piperazine rings is 1. The molecule has 90 valence electrons. The molecule has 0 N–H and O–H groups in total. The van der Waals surface area contributed by atoms with Crippen molar-refractivity contribution >= 4 is 5.91 Å². The third kappa shape index (κ3) is 1.75. The summed E-state index contributed by atoms with van der Waals surface area (Å²) in [6.45, 7) is 5.79. The summed E-state index contributed by atoms with van der Waals surface area (Å²) in [4.78, 5) is 15.9. The van der Waals surface area contributed by atoms with E-state index in [2.05, 4.69) is 4.90 Å². The Labute approximate surface area is 97.8 Å². The molecule has 1 saturated heterocycles. The zero-order valence-corrected chi connectivity index (χ0v) is 10.2. The van der Waals surface area contributed by atoms with E-state index in [9.17, 15) is 4.79 Å². The van der Waals surface area contributed by atoms with Crippen LogP contribution in [0.3, 0.4) is 0 Å². The maximum Gasteiger partial charge on any atom is 0.219 e. The Morgan fingerprint density at radius 2 is 1.81 bits per heavy atom. The van der Waals surface area contributed by atoms with Crippen molar-refractivity contribution in [3.63, 3.8) is 0 Å². The SMILES string of the molecule is CC(=O)N1CCN(C2CC3CCC2C3)CC1. The van der Waals surface area contributed by atoms with E-state index in [0.717, 1.165) is 44.1 Å². The van der Waals surface area contributed by atoms with Crippen molar-refractivity contribution in [1.29, 1.82) is 0 Å². The molecule has 3 nitrogen and oxygen atoms in total. The topological polar surface area (TPSA) is 23.6 Å². The molecule has 0 aromatic rings. The number of fused-ring (bicyclic) bond motifs is 2. The van der Waals surface area contributed by atoms with E-state index in [1.54, 1.807) is 6.92 Å². The molecule has 2 bridgehead atoms. The first-order valence-corrected chi connectivity index (χ1v) is 6.73. The molecule has 0 radical (unpaired) electrons. The fourth-order valence-electron chi connectivity index (χ4n) is 4.03. The van der Waals surface area contributed by atoms with Crippen molar-refractivity contribution in [2.45, 2.75) is 38.6 Å². The molecule has 3 atom stereocenters. The van der Waals surface area contributed by atoms with Gasteiger partial charge < -0.3 is 4.90 Å². The fraction of sp³-hybridized carbons (Fsp3) is 0.923. The summed E-state index contributed by atoms with van der Waals surface area (Å²) in [6.07, 6.45) is 5.86. The summed E-state index contributed by atoms with van der Waals surface area (Å²) in [5, 5.41) is 0. The Morgan fingerprint density at radius 1 is 1.06 bits per heavy atom.